The zero-order chi connectivity index (χ0) is 20.0. The summed E-state index contributed by atoms with van der Waals surface area (Å²) in [5.41, 5.74) is 6.78. The number of carbonyl (C=O) groups is 1. The number of hydrogen-bond acceptors (Lipinski definition) is 2. The fourth-order valence-electron chi connectivity index (χ4n) is 7.69. The highest BCUT2D eigenvalue weighted by atomic mass is 16.2. The van der Waals surface area contributed by atoms with Crippen molar-refractivity contribution in [3.63, 3.8) is 0 Å². The zero-order valence-electron chi connectivity index (χ0n) is 17.9. The molecule has 4 heteroatoms. The molecule has 4 nitrogen and oxygen atoms in total. The average Bonchev–Trinajstić information content (AvgIpc) is 3.24. The van der Waals surface area contributed by atoms with Gasteiger partial charge in [-0.3, -0.25) is 9.48 Å². The minimum Gasteiger partial charge on any atom is -0.332 e. The molecule has 152 valence electrons. The van der Waals surface area contributed by atoms with Crippen LogP contribution in [0.3, 0.4) is 0 Å². The predicted octanol–water partition coefficient (Wildman–Crippen LogP) is 4.42. The van der Waals surface area contributed by atoms with Gasteiger partial charge in [0.15, 0.2) is 0 Å². The van der Waals surface area contributed by atoms with E-state index in [1.807, 2.05) is 17.9 Å². The lowest BCUT2D eigenvalue weighted by Crippen LogP contribution is -2.59. The Labute approximate surface area is 173 Å². The molecule has 0 N–H and O–H groups in total. The Morgan fingerprint density at radius 1 is 1.07 bits per heavy atom. The van der Waals surface area contributed by atoms with Gasteiger partial charge in [0.1, 0.15) is 0 Å². The van der Waals surface area contributed by atoms with E-state index in [-0.39, 0.29) is 10.8 Å². The first-order chi connectivity index (χ1) is 13.9. The highest BCUT2D eigenvalue weighted by Gasteiger charge is 2.61. The first-order valence-corrected chi connectivity index (χ1v) is 11.2. The van der Waals surface area contributed by atoms with Crippen LogP contribution in [-0.2, 0) is 30.3 Å². The molecule has 2 atom stereocenters. The van der Waals surface area contributed by atoms with Gasteiger partial charge in [-0.2, -0.15) is 5.10 Å². The van der Waals surface area contributed by atoms with Crippen LogP contribution in [0, 0.1) is 31.1 Å². The van der Waals surface area contributed by atoms with Gasteiger partial charge in [-0.05, 0) is 86.3 Å². The molecule has 0 radical (unpaired) electrons. The van der Waals surface area contributed by atoms with E-state index in [2.05, 4.69) is 42.0 Å². The summed E-state index contributed by atoms with van der Waals surface area (Å²) < 4.78 is 1.94. The third-order valence-corrected chi connectivity index (χ3v) is 8.77. The molecule has 2 aromatic rings. The summed E-state index contributed by atoms with van der Waals surface area (Å²) in [6, 6.07) is 7.09. The summed E-state index contributed by atoms with van der Waals surface area (Å²) in [6.45, 7) is 5.91. The molecule has 29 heavy (non-hydrogen) atoms. The van der Waals surface area contributed by atoms with Gasteiger partial charge in [-0.25, -0.2) is 0 Å². The van der Waals surface area contributed by atoms with Crippen molar-refractivity contribution in [2.24, 2.45) is 24.3 Å². The minimum absolute atomic E-state index is 0.141. The van der Waals surface area contributed by atoms with Crippen LogP contribution < -0.4 is 0 Å². The number of aromatic nitrogens is 2. The Balaban J connectivity index is 1.35. The van der Waals surface area contributed by atoms with Gasteiger partial charge in [0, 0.05) is 19.2 Å². The largest absolute Gasteiger partial charge is 0.332 e. The van der Waals surface area contributed by atoms with Gasteiger partial charge < -0.3 is 4.90 Å². The summed E-state index contributed by atoms with van der Waals surface area (Å²) in [4.78, 5) is 16.1. The molecule has 1 aromatic heterocycles. The fourth-order valence-corrected chi connectivity index (χ4v) is 7.69. The lowest BCUT2D eigenvalue weighted by Gasteiger charge is -2.62. The number of rotatable bonds is 2. The Morgan fingerprint density at radius 2 is 1.83 bits per heavy atom. The van der Waals surface area contributed by atoms with E-state index >= 15 is 0 Å². The summed E-state index contributed by atoms with van der Waals surface area (Å²) in [5, 5.41) is 4.37. The predicted molar refractivity (Wildman–Crippen MR) is 112 cm³/mol. The second-order valence-electron chi connectivity index (χ2n) is 10.7. The number of benzene rings is 1. The number of fused-ring (bicyclic) bond motifs is 1. The van der Waals surface area contributed by atoms with Crippen molar-refractivity contribution in [2.45, 2.75) is 70.9 Å². The Bertz CT molecular complexity index is 1010. The van der Waals surface area contributed by atoms with Crippen LogP contribution in [0.5, 0.6) is 0 Å². The maximum atomic E-state index is 14.0. The third kappa shape index (κ3) is 2.44. The van der Waals surface area contributed by atoms with Crippen molar-refractivity contribution in [1.82, 2.24) is 14.7 Å². The fraction of sp³-hybridized carbons (Fsp3) is 0.600. The van der Waals surface area contributed by atoms with Crippen LogP contribution >= 0.6 is 0 Å². The van der Waals surface area contributed by atoms with Crippen LogP contribution in [0.1, 0.15) is 66.5 Å². The zero-order valence-corrected chi connectivity index (χ0v) is 17.9. The normalized spacial score (nSPS) is 34.7. The molecule has 4 bridgehead atoms. The Morgan fingerprint density at radius 3 is 2.52 bits per heavy atom. The summed E-state index contributed by atoms with van der Waals surface area (Å²) in [5.74, 6) is 1.86. The lowest BCUT2D eigenvalue weighted by atomic mass is 9.42. The van der Waals surface area contributed by atoms with Crippen molar-refractivity contribution in [2.75, 3.05) is 0 Å². The Kier molecular flexibility index (Phi) is 3.51. The van der Waals surface area contributed by atoms with E-state index in [1.165, 1.54) is 47.2 Å². The van der Waals surface area contributed by atoms with Crippen molar-refractivity contribution in [3.05, 3.63) is 52.3 Å². The summed E-state index contributed by atoms with van der Waals surface area (Å²) >= 11 is 0. The van der Waals surface area contributed by atoms with E-state index < -0.39 is 0 Å². The van der Waals surface area contributed by atoms with Crippen molar-refractivity contribution in [1.29, 1.82) is 0 Å². The average molecular weight is 390 g/mol. The maximum absolute atomic E-state index is 14.0. The highest BCUT2D eigenvalue weighted by molar-refractivity contribution is 5.84. The number of amides is 1. The molecule has 1 amide bonds. The molecule has 1 aromatic carbocycles. The SMILES string of the molecule is Cc1ccc(C23CC4CC(CC(C(=O)N5Cc6cnn(C)c6C5)(C4)C2)C3)cc1C. The van der Waals surface area contributed by atoms with Gasteiger partial charge in [0.2, 0.25) is 5.91 Å². The molecule has 4 aliphatic carbocycles. The van der Waals surface area contributed by atoms with Crippen LogP contribution in [-0.4, -0.2) is 20.6 Å². The van der Waals surface area contributed by atoms with Gasteiger partial charge >= 0.3 is 0 Å². The third-order valence-electron chi connectivity index (χ3n) is 8.77. The van der Waals surface area contributed by atoms with E-state index in [0.717, 1.165) is 32.4 Å². The van der Waals surface area contributed by atoms with Gasteiger partial charge in [-0.15, -0.1) is 0 Å². The summed E-state index contributed by atoms with van der Waals surface area (Å²) in [6.07, 6.45) is 9.13. The van der Waals surface area contributed by atoms with E-state index in [0.29, 0.717) is 17.7 Å². The van der Waals surface area contributed by atoms with Gasteiger partial charge in [0.25, 0.3) is 0 Å². The van der Waals surface area contributed by atoms with Crippen molar-refractivity contribution >= 4 is 5.91 Å². The number of hydrogen-bond donors (Lipinski definition) is 0. The first kappa shape index (κ1) is 17.7. The molecular weight excluding hydrogens is 358 g/mol. The van der Waals surface area contributed by atoms with E-state index in [1.54, 1.807) is 0 Å². The molecule has 1 aliphatic heterocycles. The molecular formula is C25H31N3O. The second kappa shape index (κ2) is 5.74. The van der Waals surface area contributed by atoms with Crippen LogP contribution in [0.25, 0.3) is 0 Å². The number of nitrogens with zero attached hydrogens (tertiary/aromatic N) is 3. The van der Waals surface area contributed by atoms with Gasteiger partial charge in [-0.1, -0.05) is 18.2 Å². The monoisotopic (exact) mass is 389 g/mol. The van der Waals surface area contributed by atoms with Crippen molar-refractivity contribution < 1.29 is 4.79 Å². The molecule has 0 saturated heterocycles. The van der Waals surface area contributed by atoms with E-state index in [9.17, 15) is 4.79 Å². The number of carbonyl (C=O) groups excluding carboxylic acids is 1. The topological polar surface area (TPSA) is 38.1 Å². The standard InChI is InChI=1S/C25H31N3O/c1-16-4-5-21(6-17(16)2)24-8-18-7-19(9-24)11-25(10-18,15-24)23(29)28-13-20-12-26-27(3)22(20)14-28/h4-6,12,18-19H,7-11,13-15H2,1-3H3. The summed E-state index contributed by atoms with van der Waals surface area (Å²) in [7, 11) is 1.99. The van der Waals surface area contributed by atoms with Gasteiger partial charge in [0.05, 0.1) is 23.9 Å². The maximum Gasteiger partial charge on any atom is 0.229 e. The minimum atomic E-state index is -0.141. The van der Waals surface area contributed by atoms with Crippen molar-refractivity contribution in [3.8, 4) is 0 Å². The Hall–Kier alpha value is -2.10. The quantitative estimate of drug-likeness (QED) is 0.763. The molecule has 2 heterocycles. The molecule has 5 aliphatic rings. The highest BCUT2D eigenvalue weighted by Crippen LogP contribution is 2.66. The number of aryl methyl sites for hydroxylation is 3. The van der Waals surface area contributed by atoms with Crippen LogP contribution in [0.4, 0.5) is 0 Å². The lowest BCUT2D eigenvalue weighted by molar-refractivity contribution is -0.161. The first-order valence-electron chi connectivity index (χ1n) is 11.2. The van der Waals surface area contributed by atoms with Crippen LogP contribution in [0.2, 0.25) is 0 Å². The van der Waals surface area contributed by atoms with E-state index in [4.69, 9.17) is 0 Å². The molecule has 0 spiro atoms. The molecule has 4 fully saturated rings. The second-order valence-corrected chi connectivity index (χ2v) is 10.7. The molecule has 7 rings (SSSR count). The smallest absolute Gasteiger partial charge is 0.229 e. The van der Waals surface area contributed by atoms with Crippen LogP contribution in [0.15, 0.2) is 24.4 Å². The molecule has 2 unspecified atom stereocenters. The molecule has 4 saturated carbocycles.